The normalized spacial score (nSPS) is 22.2. The van der Waals surface area contributed by atoms with Crippen molar-refractivity contribution in [1.82, 2.24) is 20.0 Å². The Kier molecular flexibility index (Phi) is 6.57. The van der Waals surface area contributed by atoms with Gasteiger partial charge in [-0.25, -0.2) is 4.79 Å². The molecule has 31 heavy (non-hydrogen) atoms. The van der Waals surface area contributed by atoms with Gasteiger partial charge in [-0.3, -0.25) is 14.5 Å². The molecule has 1 aromatic carbocycles. The van der Waals surface area contributed by atoms with Crippen molar-refractivity contribution in [3.05, 3.63) is 35.9 Å². The summed E-state index contributed by atoms with van der Waals surface area (Å²) in [6.45, 7) is 3.72. The highest BCUT2D eigenvalue weighted by atomic mass is 16.5. The number of hydrogen-bond donors (Lipinski definition) is 1. The highest BCUT2D eigenvalue weighted by Crippen LogP contribution is 2.32. The third kappa shape index (κ3) is 4.60. The van der Waals surface area contributed by atoms with Gasteiger partial charge < -0.3 is 19.9 Å². The highest BCUT2D eigenvalue weighted by Gasteiger charge is 2.54. The van der Waals surface area contributed by atoms with Crippen LogP contribution in [0.5, 0.6) is 0 Å². The Hall–Kier alpha value is -2.45. The summed E-state index contributed by atoms with van der Waals surface area (Å²) >= 11 is 0. The number of amides is 4. The van der Waals surface area contributed by atoms with Gasteiger partial charge in [0, 0.05) is 45.9 Å². The number of likely N-dealkylation sites (tertiary alicyclic amines) is 2. The second kappa shape index (κ2) is 9.36. The third-order valence-corrected chi connectivity index (χ3v) is 6.91. The topological polar surface area (TPSA) is 82.2 Å². The molecule has 8 nitrogen and oxygen atoms in total. The van der Waals surface area contributed by atoms with E-state index in [-0.39, 0.29) is 30.5 Å². The van der Waals surface area contributed by atoms with Gasteiger partial charge in [-0.05, 0) is 37.7 Å². The van der Waals surface area contributed by atoms with Crippen LogP contribution in [0.2, 0.25) is 0 Å². The molecule has 8 heteroatoms. The van der Waals surface area contributed by atoms with E-state index in [1.54, 1.807) is 4.90 Å². The van der Waals surface area contributed by atoms with E-state index in [1.165, 1.54) is 17.6 Å². The van der Waals surface area contributed by atoms with Crippen molar-refractivity contribution in [3.8, 4) is 0 Å². The Morgan fingerprint density at radius 2 is 1.77 bits per heavy atom. The number of hydrogen-bond acceptors (Lipinski definition) is 5. The molecule has 4 rings (SSSR count). The zero-order chi connectivity index (χ0) is 21.8. The second-order valence-electron chi connectivity index (χ2n) is 8.81. The monoisotopic (exact) mass is 428 g/mol. The summed E-state index contributed by atoms with van der Waals surface area (Å²) in [5, 5.41) is 3.03. The average molecular weight is 429 g/mol. The maximum Gasteiger partial charge on any atom is 0.325 e. The minimum absolute atomic E-state index is 0.0440. The van der Waals surface area contributed by atoms with Crippen LogP contribution in [0.15, 0.2) is 30.3 Å². The summed E-state index contributed by atoms with van der Waals surface area (Å²) in [5.41, 5.74) is 0.554. The van der Waals surface area contributed by atoms with Crippen LogP contribution in [0, 0.1) is 0 Å². The van der Waals surface area contributed by atoms with Crippen LogP contribution in [0.1, 0.15) is 31.2 Å². The van der Waals surface area contributed by atoms with E-state index in [0.717, 1.165) is 26.1 Å². The van der Waals surface area contributed by atoms with Crippen molar-refractivity contribution >= 4 is 17.8 Å². The molecular formula is C23H32N4O4. The maximum atomic E-state index is 13.3. The number of methoxy groups -OCH3 is 1. The van der Waals surface area contributed by atoms with Gasteiger partial charge in [0.1, 0.15) is 12.1 Å². The Balaban J connectivity index is 1.30. The van der Waals surface area contributed by atoms with E-state index >= 15 is 0 Å². The number of nitrogens with one attached hydrogen (secondary N) is 1. The number of benzene rings is 1. The quantitative estimate of drug-likeness (QED) is 0.690. The van der Waals surface area contributed by atoms with E-state index in [4.69, 9.17) is 4.74 Å². The molecule has 0 unspecified atom stereocenters. The van der Waals surface area contributed by atoms with Crippen molar-refractivity contribution < 1.29 is 19.1 Å². The molecule has 0 saturated carbocycles. The molecule has 3 aliphatic heterocycles. The zero-order valence-electron chi connectivity index (χ0n) is 18.2. The van der Waals surface area contributed by atoms with E-state index in [0.29, 0.717) is 38.8 Å². The molecule has 1 spiro atoms. The largest absolute Gasteiger partial charge is 0.375 e. The van der Waals surface area contributed by atoms with Gasteiger partial charge in [0.05, 0.1) is 0 Å². The van der Waals surface area contributed by atoms with Gasteiger partial charge in [0.15, 0.2) is 0 Å². The lowest BCUT2D eigenvalue weighted by Crippen LogP contribution is -2.56. The average Bonchev–Trinajstić information content (AvgIpc) is 3.03. The van der Waals surface area contributed by atoms with Gasteiger partial charge in [-0.2, -0.15) is 0 Å². The molecule has 3 heterocycles. The van der Waals surface area contributed by atoms with E-state index in [9.17, 15) is 14.4 Å². The first-order valence-corrected chi connectivity index (χ1v) is 11.2. The predicted octanol–water partition coefficient (Wildman–Crippen LogP) is 1.25. The lowest BCUT2D eigenvalue weighted by atomic mass is 9.86. The third-order valence-electron chi connectivity index (χ3n) is 6.91. The summed E-state index contributed by atoms with van der Waals surface area (Å²) in [7, 11) is 1.50. The van der Waals surface area contributed by atoms with Crippen LogP contribution in [0.4, 0.5) is 4.79 Å². The SMILES string of the molecule is COCC(=O)N1CCC(N2C(=O)NC3(CCN(CCc4ccccc4)CC3)C2=O)CC1. The number of urea groups is 1. The number of carbonyl (C=O) groups excluding carboxylic acids is 3. The van der Waals surface area contributed by atoms with E-state index < -0.39 is 5.54 Å². The summed E-state index contributed by atoms with van der Waals surface area (Å²) in [4.78, 5) is 43.6. The van der Waals surface area contributed by atoms with Gasteiger partial charge in [0.2, 0.25) is 5.91 Å². The van der Waals surface area contributed by atoms with Crippen LogP contribution < -0.4 is 5.32 Å². The van der Waals surface area contributed by atoms with Crippen molar-refractivity contribution in [2.45, 2.75) is 43.7 Å². The van der Waals surface area contributed by atoms with E-state index in [2.05, 4.69) is 34.5 Å². The molecule has 0 radical (unpaired) electrons. The molecule has 4 amide bonds. The molecule has 1 N–H and O–H groups in total. The van der Waals surface area contributed by atoms with Gasteiger partial charge in [0.25, 0.3) is 5.91 Å². The van der Waals surface area contributed by atoms with Gasteiger partial charge in [-0.15, -0.1) is 0 Å². The molecular weight excluding hydrogens is 396 g/mol. The smallest absolute Gasteiger partial charge is 0.325 e. The molecule has 1 aromatic rings. The fraction of sp³-hybridized carbons (Fsp3) is 0.609. The minimum atomic E-state index is -0.761. The van der Waals surface area contributed by atoms with Crippen LogP contribution in [-0.4, -0.2) is 90.6 Å². The second-order valence-corrected chi connectivity index (χ2v) is 8.81. The molecule has 0 bridgehead atoms. The molecule has 0 atom stereocenters. The van der Waals surface area contributed by atoms with Crippen molar-refractivity contribution in [3.63, 3.8) is 0 Å². The Labute approximate surface area is 183 Å². The predicted molar refractivity (Wildman–Crippen MR) is 115 cm³/mol. The molecule has 0 aliphatic carbocycles. The van der Waals surface area contributed by atoms with Crippen molar-refractivity contribution in [1.29, 1.82) is 0 Å². The first kappa shape index (κ1) is 21.8. The number of carbonyl (C=O) groups is 3. The van der Waals surface area contributed by atoms with Crippen molar-refractivity contribution in [2.24, 2.45) is 0 Å². The Morgan fingerprint density at radius 3 is 2.42 bits per heavy atom. The van der Waals surface area contributed by atoms with Gasteiger partial charge in [-0.1, -0.05) is 30.3 Å². The number of imide groups is 1. The molecule has 3 aliphatic rings. The summed E-state index contributed by atoms with van der Waals surface area (Å²) in [5.74, 6) is -0.126. The number of piperidine rings is 2. The summed E-state index contributed by atoms with van der Waals surface area (Å²) in [6, 6.07) is 9.99. The van der Waals surface area contributed by atoms with Crippen LogP contribution in [0.25, 0.3) is 0 Å². The lowest BCUT2D eigenvalue weighted by Gasteiger charge is -2.38. The van der Waals surface area contributed by atoms with Crippen LogP contribution in [-0.2, 0) is 20.7 Å². The first-order valence-electron chi connectivity index (χ1n) is 11.2. The Morgan fingerprint density at radius 1 is 1.10 bits per heavy atom. The highest BCUT2D eigenvalue weighted by molar-refractivity contribution is 6.07. The van der Waals surface area contributed by atoms with Crippen LogP contribution in [0.3, 0.4) is 0 Å². The van der Waals surface area contributed by atoms with Gasteiger partial charge >= 0.3 is 6.03 Å². The molecule has 168 valence electrons. The Bertz CT molecular complexity index is 799. The fourth-order valence-corrected chi connectivity index (χ4v) is 4.99. The fourth-order valence-electron chi connectivity index (χ4n) is 4.99. The standard InChI is InChI=1S/C23H32N4O4/c1-31-17-20(28)26-13-8-19(9-14-26)27-21(29)23(24-22(27)30)10-15-25(16-11-23)12-7-18-5-3-2-4-6-18/h2-6,19H,7-17H2,1H3,(H,24,30). The zero-order valence-corrected chi connectivity index (χ0v) is 18.2. The number of rotatable bonds is 6. The van der Waals surface area contributed by atoms with E-state index in [1.807, 2.05) is 6.07 Å². The molecule has 3 saturated heterocycles. The van der Waals surface area contributed by atoms with Crippen molar-refractivity contribution in [2.75, 3.05) is 46.4 Å². The molecule has 3 fully saturated rings. The first-order chi connectivity index (χ1) is 15.0. The lowest BCUT2D eigenvalue weighted by molar-refractivity contribution is -0.138. The van der Waals surface area contributed by atoms with Crippen LogP contribution >= 0.6 is 0 Å². The summed E-state index contributed by atoms with van der Waals surface area (Å²) in [6.07, 6.45) is 3.52. The number of nitrogens with zero attached hydrogens (tertiary/aromatic N) is 3. The minimum Gasteiger partial charge on any atom is -0.375 e. The summed E-state index contributed by atoms with van der Waals surface area (Å²) < 4.78 is 4.92. The number of ether oxygens (including phenoxy) is 1. The maximum absolute atomic E-state index is 13.3. The molecule has 0 aromatic heterocycles.